The number of hydrogen-bond donors (Lipinski definition) is 1. The van der Waals surface area contributed by atoms with Gasteiger partial charge in [0.1, 0.15) is 29.7 Å². The van der Waals surface area contributed by atoms with E-state index in [-0.39, 0.29) is 25.0 Å². The fraction of sp³-hybridized carbons (Fsp3) is 0.429. The molecule has 14 nitrogen and oxygen atoms in total. The van der Waals surface area contributed by atoms with Crippen LogP contribution in [0.25, 0.3) is 0 Å². The Hall–Kier alpha value is -5.65. The minimum absolute atomic E-state index is 0.0555. The SMILES string of the molecule is N#Cc1ccc(OC2CCN(C(=O)Oc3ccc(N4CCN(CC5CCN(c6ccc7c(c6)C(=O)N(C6CCC(=O)NC6=O)C7=O)CC5)CC4)cc3)CC2)cc1Cl. The summed E-state index contributed by atoms with van der Waals surface area (Å²) in [7, 11) is 0. The number of anilines is 2. The van der Waals surface area contributed by atoms with E-state index in [0.717, 1.165) is 74.9 Å². The maximum absolute atomic E-state index is 13.3. The Balaban J connectivity index is 0.751. The topological polar surface area (TPSA) is 156 Å². The molecule has 5 aliphatic heterocycles. The molecule has 3 aromatic carbocycles. The van der Waals surface area contributed by atoms with Crippen molar-refractivity contribution in [1.82, 2.24) is 20.0 Å². The van der Waals surface area contributed by atoms with Gasteiger partial charge in [0.15, 0.2) is 0 Å². The average molecular weight is 794 g/mol. The first-order valence-electron chi connectivity index (χ1n) is 19.6. The van der Waals surface area contributed by atoms with Crippen molar-refractivity contribution in [3.63, 3.8) is 0 Å². The Morgan fingerprint density at radius 1 is 0.754 bits per heavy atom. The smallest absolute Gasteiger partial charge is 0.415 e. The first-order valence-corrected chi connectivity index (χ1v) is 20.0. The lowest BCUT2D eigenvalue weighted by Crippen LogP contribution is -2.54. The monoisotopic (exact) mass is 793 g/mol. The average Bonchev–Trinajstić information content (AvgIpc) is 3.47. The standard InChI is InChI=1S/C42H44ClN7O7/c43-36-24-33(5-1-28(36)25-44)56-32-13-17-49(18-14-32)42(55)57-31-6-2-29(3-7-31)48-21-19-46(20-22-48)26-27-11-15-47(16-12-27)30-4-8-34-35(23-30)41(54)50(40(34)53)37-9-10-38(51)45-39(37)52/h1-8,23-24,27,32,37H,9-22,26H2,(H,45,51,52). The molecule has 1 unspecified atom stereocenters. The van der Waals surface area contributed by atoms with Gasteiger partial charge < -0.3 is 24.2 Å². The number of ether oxygens (including phenoxy) is 2. The van der Waals surface area contributed by atoms with Crippen LogP contribution in [-0.2, 0) is 9.59 Å². The molecule has 4 saturated heterocycles. The van der Waals surface area contributed by atoms with Crippen molar-refractivity contribution in [1.29, 1.82) is 5.26 Å². The van der Waals surface area contributed by atoms with Crippen LogP contribution in [-0.4, -0.2) is 115 Å². The van der Waals surface area contributed by atoms with Crippen LogP contribution in [0.2, 0.25) is 5.02 Å². The molecule has 0 aliphatic carbocycles. The zero-order valence-corrected chi connectivity index (χ0v) is 32.3. The Morgan fingerprint density at radius 2 is 1.42 bits per heavy atom. The number of carbonyl (C=O) groups is 5. The lowest BCUT2D eigenvalue weighted by molar-refractivity contribution is -0.136. The lowest BCUT2D eigenvalue weighted by atomic mass is 9.95. The number of likely N-dealkylation sites (tertiary alicyclic amines) is 1. The third-order valence-electron chi connectivity index (χ3n) is 11.8. The molecule has 0 saturated carbocycles. The number of fused-ring (bicyclic) bond motifs is 1. The number of rotatable bonds is 8. The van der Waals surface area contributed by atoms with Gasteiger partial charge in [0.2, 0.25) is 11.8 Å². The first kappa shape index (κ1) is 38.2. The second-order valence-corrected chi connectivity index (χ2v) is 15.7. The number of nitrogens with zero attached hydrogens (tertiary/aromatic N) is 6. The summed E-state index contributed by atoms with van der Waals surface area (Å²) in [5.74, 6) is -0.297. The van der Waals surface area contributed by atoms with Gasteiger partial charge in [0, 0.05) is 95.6 Å². The molecule has 296 valence electrons. The van der Waals surface area contributed by atoms with Crippen molar-refractivity contribution in [2.45, 2.75) is 50.7 Å². The molecule has 0 radical (unpaired) electrons. The van der Waals surface area contributed by atoms with E-state index in [1.54, 1.807) is 35.2 Å². The number of nitrogens with one attached hydrogen (secondary N) is 1. The molecule has 0 aromatic heterocycles. The number of benzene rings is 3. The van der Waals surface area contributed by atoms with Crippen LogP contribution in [0.5, 0.6) is 11.5 Å². The fourth-order valence-corrected chi connectivity index (χ4v) is 8.69. The first-order chi connectivity index (χ1) is 27.6. The number of nitriles is 1. The molecular weight excluding hydrogens is 750 g/mol. The Labute approximate surface area is 335 Å². The number of carbonyl (C=O) groups excluding carboxylic acids is 5. The highest BCUT2D eigenvalue weighted by Crippen LogP contribution is 2.33. The van der Waals surface area contributed by atoms with Gasteiger partial charge in [-0.3, -0.25) is 34.3 Å². The highest BCUT2D eigenvalue weighted by atomic mass is 35.5. The Morgan fingerprint density at radius 3 is 2.11 bits per heavy atom. The summed E-state index contributed by atoms with van der Waals surface area (Å²) in [6, 6.07) is 19.1. The van der Waals surface area contributed by atoms with Crippen LogP contribution >= 0.6 is 11.6 Å². The molecule has 1 atom stereocenters. The Kier molecular flexibility index (Phi) is 11.0. The van der Waals surface area contributed by atoms with E-state index in [0.29, 0.717) is 65.1 Å². The molecule has 57 heavy (non-hydrogen) atoms. The molecule has 3 aromatic rings. The van der Waals surface area contributed by atoms with E-state index in [1.165, 1.54) is 0 Å². The summed E-state index contributed by atoms with van der Waals surface area (Å²) >= 11 is 6.13. The molecule has 15 heteroatoms. The van der Waals surface area contributed by atoms with Crippen LogP contribution in [0.1, 0.15) is 64.8 Å². The minimum Gasteiger partial charge on any atom is -0.490 e. The number of imide groups is 2. The van der Waals surface area contributed by atoms with Crippen molar-refractivity contribution in [2.75, 3.05) is 68.7 Å². The quantitative estimate of drug-likeness (QED) is 0.316. The molecule has 0 bridgehead atoms. The summed E-state index contributed by atoms with van der Waals surface area (Å²) in [4.78, 5) is 73.2. The van der Waals surface area contributed by atoms with E-state index in [4.69, 9.17) is 26.3 Å². The zero-order chi connectivity index (χ0) is 39.6. The zero-order valence-electron chi connectivity index (χ0n) is 31.5. The van der Waals surface area contributed by atoms with Gasteiger partial charge in [-0.1, -0.05) is 11.6 Å². The van der Waals surface area contributed by atoms with E-state index >= 15 is 0 Å². The maximum atomic E-state index is 13.3. The van der Waals surface area contributed by atoms with Gasteiger partial charge in [0.25, 0.3) is 11.8 Å². The van der Waals surface area contributed by atoms with Crippen LogP contribution in [0.3, 0.4) is 0 Å². The van der Waals surface area contributed by atoms with Crippen LogP contribution < -0.4 is 24.6 Å². The normalized spacial score (nSPS) is 21.0. The lowest BCUT2D eigenvalue weighted by Gasteiger charge is -2.40. The van der Waals surface area contributed by atoms with Crippen LogP contribution in [0.4, 0.5) is 16.2 Å². The number of amides is 5. The second-order valence-electron chi connectivity index (χ2n) is 15.3. The van der Waals surface area contributed by atoms with Gasteiger partial charge in [-0.05, 0) is 79.8 Å². The molecular formula is C42H44ClN7O7. The van der Waals surface area contributed by atoms with E-state index in [9.17, 15) is 24.0 Å². The minimum atomic E-state index is -0.972. The molecule has 8 rings (SSSR count). The predicted molar refractivity (Wildman–Crippen MR) is 211 cm³/mol. The van der Waals surface area contributed by atoms with Crippen molar-refractivity contribution in [3.8, 4) is 17.6 Å². The number of piperazine rings is 1. The number of piperidine rings is 3. The van der Waals surface area contributed by atoms with Crippen LogP contribution in [0.15, 0.2) is 60.7 Å². The van der Waals surface area contributed by atoms with Crippen molar-refractivity contribution < 1.29 is 33.4 Å². The summed E-state index contributed by atoms with van der Waals surface area (Å²) < 4.78 is 11.7. The van der Waals surface area contributed by atoms with Crippen molar-refractivity contribution in [2.24, 2.45) is 5.92 Å². The summed E-state index contributed by atoms with van der Waals surface area (Å²) in [5, 5.41) is 11.7. The molecule has 1 N–H and O–H groups in total. The fourth-order valence-electron chi connectivity index (χ4n) is 8.48. The third kappa shape index (κ3) is 8.26. The molecule has 0 spiro atoms. The summed E-state index contributed by atoms with van der Waals surface area (Å²) in [6.07, 6.45) is 3.16. The van der Waals surface area contributed by atoms with E-state index in [1.807, 2.05) is 36.4 Å². The molecule has 5 heterocycles. The second kappa shape index (κ2) is 16.4. The van der Waals surface area contributed by atoms with Gasteiger partial charge in [-0.25, -0.2) is 4.79 Å². The molecule has 5 amide bonds. The van der Waals surface area contributed by atoms with Gasteiger partial charge >= 0.3 is 6.09 Å². The van der Waals surface area contributed by atoms with Crippen molar-refractivity contribution >= 4 is 52.7 Å². The number of halogens is 1. The highest BCUT2D eigenvalue weighted by Gasteiger charge is 2.45. The summed E-state index contributed by atoms with van der Waals surface area (Å²) in [6.45, 7) is 7.49. The van der Waals surface area contributed by atoms with Crippen molar-refractivity contribution in [3.05, 3.63) is 82.4 Å². The number of hydrogen-bond acceptors (Lipinski definition) is 11. The predicted octanol–water partition coefficient (Wildman–Crippen LogP) is 4.69. The van der Waals surface area contributed by atoms with E-state index < -0.39 is 29.7 Å². The summed E-state index contributed by atoms with van der Waals surface area (Å²) in [5.41, 5.74) is 3.00. The van der Waals surface area contributed by atoms with E-state index in [2.05, 4.69) is 20.0 Å². The van der Waals surface area contributed by atoms with Gasteiger partial charge in [-0.2, -0.15) is 5.26 Å². The Bertz CT molecular complexity index is 2100. The van der Waals surface area contributed by atoms with Gasteiger partial charge in [-0.15, -0.1) is 0 Å². The third-order valence-corrected chi connectivity index (χ3v) is 12.1. The maximum Gasteiger partial charge on any atom is 0.415 e. The van der Waals surface area contributed by atoms with Crippen LogP contribution in [0, 0.1) is 17.2 Å². The highest BCUT2D eigenvalue weighted by molar-refractivity contribution is 6.31. The van der Waals surface area contributed by atoms with Gasteiger partial charge in [0.05, 0.1) is 21.7 Å². The molecule has 4 fully saturated rings. The molecule has 5 aliphatic rings. The largest absolute Gasteiger partial charge is 0.490 e.